The Bertz CT molecular complexity index is 499. The van der Waals surface area contributed by atoms with Gasteiger partial charge in [-0.3, -0.25) is 10.3 Å². The first-order valence-corrected chi connectivity index (χ1v) is 8.27. The van der Waals surface area contributed by atoms with E-state index in [1.54, 1.807) is 30.6 Å². The molecule has 114 valence electrons. The lowest BCUT2D eigenvalue weighted by molar-refractivity contribution is 0.931. The number of aliphatic imine (C=N–C) groups is 3. The van der Waals surface area contributed by atoms with E-state index in [0.717, 1.165) is 17.2 Å². The summed E-state index contributed by atoms with van der Waals surface area (Å²) < 4.78 is 0. The van der Waals surface area contributed by atoms with Crippen LogP contribution in [0.5, 0.6) is 0 Å². The van der Waals surface area contributed by atoms with Gasteiger partial charge >= 0.3 is 0 Å². The number of hydrogen-bond donors (Lipinski definition) is 4. The molecule has 0 bridgehead atoms. The van der Waals surface area contributed by atoms with Gasteiger partial charge in [-0.1, -0.05) is 0 Å². The monoisotopic (exact) mass is 326 g/mol. The highest BCUT2D eigenvalue weighted by molar-refractivity contribution is 8.03. The zero-order chi connectivity index (χ0) is 15.5. The van der Waals surface area contributed by atoms with Crippen LogP contribution in [0.4, 0.5) is 0 Å². The number of thioether (sulfide) groups is 2. The third-order valence-electron chi connectivity index (χ3n) is 2.15. The molecule has 0 radical (unpaired) electrons. The zero-order valence-electron chi connectivity index (χ0n) is 11.7. The Morgan fingerprint density at radius 2 is 2.43 bits per heavy atom. The number of nitrogens with two attached hydrogens (primary N) is 2. The van der Waals surface area contributed by atoms with Crippen molar-refractivity contribution < 1.29 is 0 Å². The number of guanidine groups is 2. The smallest absolute Gasteiger partial charge is 0.204 e. The van der Waals surface area contributed by atoms with Crippen molar-refractivity contribution in [1.82, 2.24) is 10.6 Å². The Labute approximate surface area is 132 Å². The fourth-order valence-corrected chi connectivity index (χ4v) is 2.90. The SMILES string of the molecule is CN=C(NC#N)NCCSCC1=CSCC(N=C(N)N)=N1. The van der Waals surface area contributed by atoms with Crippen LogP contribution in [0, 0.1) is 11.5 Å². The molecule has 0 aromatic rings. The van der Waals surface area contributed by atoms with E-state index in [-0.39, 0.29) is 5.96 Å². The van der Waals surface area contributed by atoms with Crippen molar-refractivity contribution in [2.24, 2.45) is 26.4 Å². The van der Waals surface area contributed by atoms with Gasteiger partial charge in [0.2, 0.25) is 5.96 Å². The van der Waals surface area contributed by atoms with Crippen molar-refractivity contribution in [2.75, 3.05) is 30.9 Å². The number of nitrogens with zero attached hydrogens (tertiary/aromatic N) is 4. The van der Waals surface area contributed by atoms with Gasteiger partial charge in [-0.2, -0.15) is 22.0 Å². The first-order valence-electron chi connectivity index (χ1n) is 6.07. The molecule has 0 amide bonds. The molecule has 0 atom stereocenters. The molecule has 6 N–H and O–H groups in total. The summed E-state index contributed by atoms with van der Waals surface area (Å²) in [5.41, 5.74) is 11.6. The minimum Gasteiger partial charge on any atom is -0.370 e. The lowest BCUT2D eigenvalue weighted by Gasteiger charge is -2.10. The van der Waals surface area contributed by atoms with Crippen molar-refractivity contribution in [3.05, 3.63) is 11.1 Å². The minimum absolute atomic E-state index is 0.0313. The van der Waals surface area contributed by atoms with Crippen molar-refractivity contribution in [3.63, 3.8) is 0 Å². The maximum atomic E-state index is 8.49. The van der Waals surface area contributed by atoms with E-state index in [1.807, 2.05) is 11.6 Å². The van der Waals surface area contributed by atoms with Crippen molar-refractivity contribution in [3.8, 4) is 6.19 Å². The summed E-state index contributed by atoms with van der Waals surface area (Å²) in [5, 5.41) is 16.0. The molecular weight excluding hydrogens is 308 g/mol. The maximum absolute atomic E-state index is 8.49. The minimum atomic E-state index is 0.0313. The van der Waals surface area contributed by atoms with E-state index >= 15 is 0 Å². The zero-order valence-corrected chi connectivity index (χ0v) is 13.3. The number of hydrogen-bond acceptors (Lipinski definition) is 6. The van der Waals surface area contributed by atoms with E-state index in [9.17, 15) is 0 Å². The summed E-state index contributed by atoms with van der Waals surface area (Å²) in [6.07, 6.45) is 1.82. The molecule has 0 aromatic carbocycles. The number of amidine groups is 1. The molecule has 0 aliphatic carbocycles. The molecular formula is C11H18N8S2. The Morgan fingerprint density at radius 3 is 3.10 bits per heavy atom. The molecule has 1 aliphatic rings. The fraction of sp³-hybridized carbons (Fsp3) is 0.455. The summed E-state index contributed by atoms with van der Waals surface area (Å²) in [4.78, 5) is 12.2. The first-order chi connectivity index (χ1) is 10.2. The van der Waals surface area contributed by atoms with Gasteiger partial charge in [-0.25, -0.2) is 4.99 Å². The quantitative estimate of drug-likeness (QED) is 0.178. The molecule has 1 heterocycles. The van der Waals surface area contributed by atoms with Crippen LogP contribution < -0.4 is 22.1 Å². The van der Waals surface area contributed by atoms with Crippen LogP contribution in [0.15, 0.2) is 26.1 Å². The molecule has 10 heteroatoms. The summed E-state index contributed by atoms with van der Waals surface area (Å²) in [6, 6.07) is 0. The summed E-state index contributed by atoms with van der Waals surface area (Å²) >= 11 is 3.35. The molecule has 1 aliphatic heterocycles. The highest BCUT2D eigenvalue weighted by atomic mass is 32.2. The van der Waals surface area contributed by atoms with Gasteiger partial charge in [0, 0.05) is 25.1 Å². The first kappa shape index (κ1) is 17.2. The van der Waals surface area contributed by atoms with Crippen LogP contribution in [0.25, 0.3) is 0 Å². The Balaban J connectivity index is 2.27. The highest BCUT2D eigenvalue weighted by Gasteiger charge is 2.07. The topological polar surface area (TPSA) is 137 Å². The highest BCUT2D eigenvalue weighted by Crippen LogP contribution is 2.19. The van der Waals surface area contributed by atoms with Gasteiger partial charge in [0.15, 0.2) is 12.2 Å². The third-order valence-corrected chi connectivity index (χ3v) is 4.01. The summed E-state index contributed by atoms with van der Waals surface area (Å²) in [6.45, 7) is 0.705. The van der Waals surface area contributed by atoms with E-state index in [0.29, 0.717) is 24.1 Å². The van der Waals surface area contributed by atoms with E-state index < -0.39 is 0 Å². The standard InChI is InChI=1S/C11H18N8S2/c1-15-11(17-7-12)16-2-3-20-4-8-5-21-6-9(18-8)19-10(13)14/h5H,2-4,6H2,1H3,(H2,15,16,17)(H4,13,14,18,19). The van der Waals surface area contributed by atoms with Crippen LogP contribution in [0.2, 0.25) is 0 Å². The largest absolute Gasteiger partial charge is 0.370 e. The average molecular weight is 326 g/mol. The lowest BCUT2D eigenvalue weighted by atomic mass is 10.5. The van der Waals surface area contributed by atoms with Gasteiger partial charge in [0.05, 0.1) is 11.4 Å². The van der Waals surface area contributed by atoms with Crippen LogP contribution in [-0.4, -0.2) is 48.6 Å². The second kappa shape index (κ2) is 9.95. The normalized spacial score (nSPS) is 14.6. The van der Waals surface area contributed by atoms with Crippen molar-refractivity contribution in [1.29, 1.82) is 5.26 Å². The lowest BCUT2D eigenvalue weighted by Crippen LogP contribution is -2.35. The molecule has 0 fully saturated rings. The predicted molar refractivity (Wildman–Crippen MR) is 91.2 cm³/mol. The predicted octanol–water partition coefficient (Wildman–Crippen LogP) is -0.374. The average Bonchev–Trinajstić information content (AvgIpc) is 2.45. The molecule has 21 heavy (non-hydrogen) atoms. The fourth-order valence-electron chi connectivity index (χ4n) is 1.36. The number of rotatable bonds is 5. The van der Waals surface area contributed by atoms with E-state index in [1.165, 1.54) is 0 Å². The van der Waals surface area contributed by atoms with Crippen molar-refractivity contribution >= 4 is 41.3 Å². The second-order valence-electron chi connectivity index (χ2n) is 3.77. The van der Waals surface area contributed by atoms with E-state index in [4.69, 9.17) is 16.7 Å². The number of nitrogens with one attached hydrogen (secondary N) is 2. The van der Waals surface area contributed by atoms with Gasteiger partial charge in [0.25, 0.3) is 0 Å². The van der Waals surface area contributed by atoms with Gasteiger partial charge in [0.1, 0.15) is 5.84 Å². The molecule has 0 saturated heterocycles. The third kappa shape index (κ3) is 7.48. The molecule has 1 rings (SSSR count). The second-order valence-corrected chi connectivity index (χ2v) is 5.74. The van der Waals surface area contributed by atoms with E-state index in [2.05, 4.69) is 25.6 Å². The van der Waals surface area contributed by atoms with Crippen LogP contribution in [0.3, 0.4) is 0 Å². The molecule has 0 spiro atoms. The van der Waals surface area contributed by atoms with Gasteiger partial charge in [-0.05, 0) is 5.41 Å². The summed E-state index contributed by atoms with van der Waals surface area (Å²) in [7, 11) is 1.61. The molecule has 0 unspecified atom stereocenters. The molecule has 0 saturated carbocycles. The van der Waals surface area contributed by atoms with Gasteiger partial charge < -0.3 is 16.8 Å². The van der Waals surface area contributed by atoms with Gasteiger partial charge in [-0.15, -0.1) is 11.8 Å². The maximum Gasteiger partial charge on any atom is 0.204 e. The van der Waals surface area contributed by atoms with Crippen LogP contribution >= 0.6 is 23.5 Å². The van der Waals surface area contributed by atoms with Crippen LogP contribution in [0.1, 0.15) is 0 Å². The number of nitriles is 1. The molecule has 8 nitrogen and oxygen atoms in total. The van der Waals surface area contributed by atoms with Crippen LogP contribution in [-0.2, 0) is 0 Å². The Hall–Kier alpha value is -1.86. The Kier molecular flexibility index (Phi) is 8.15. The molecule has 0 aromatic heterocycles. The summed E-state index contributed by atoms with van der Waals surface area (Å²) in [5.74, 6) is 3.48. The van der Waals surface area contributed by atoms with Crippen molar-refractivity contribution in [2.45, 2.75) is 0 Å². The Morgan fingerprint density at radius 1 is 1.62 bits per heavy atom.